The summed E-state index contributed by atoms with van der Waals surface area (Å²) < 4.78 is 81.4. The van der Waals surface area contributed by atoms with Crippen LogP contribution >= 0.6 is 0 Å². The largest absolute Gasteiger partial charge is 0.376 e. The quantitative estimate of drug-likeness (QED) is 0.0644. The summed E-state index contributed by atoms with van der Waals surface area (Å²) in [6.07, 6.45) is 44.0. The second kappa shape index (κ2) is 17.1. The van der Waals surface area contributed by atoms with Crippen LogP contribution in [0.25, 0.3) is 0 Å². The van der Waals surface area contributed by atoms with Crippen molar-refractivity contribution in [2.75, 3.05) is 6.61 Å². The van der Waals surface area contributed by atoms with Crippen LogP contribution in [0.3, 0.4) is 0 Å². The predicted molar refractivity (Wildman–Crippen MR) is 239 cm³/mol. The Hall–Kier alpha value is -3.07. The van der Waals surface area contributed by atoms with Crippen molar-refractivity contribution in [3.8, 4) is 0 Å². The van der Waals surface area contributed by atoms with Crippen LogP contribution < -0.4 is 0 Å². The molecule has 13 unspecified atom stereocenters. The first-order valence-corrected chi connectivity index (χ1v) is 26.5. The SMILES string of the molecule is CC1=CC2C3C(C4C=CC=CC4C3[Si](C)(CCCCCCOC(C)(C)C)C3C4C=CC=CC4C4C=CC(CC5CCCC5)=CC43)N(Cc3c(F)c(F)c(F)c(F)c3F)C2C=C1. The molecule has 2 nitrogen and oxygen atoms in total. The Morgan fingerprint density at radius 3 is 1.95 bits per heavy atom. The van der Waals surface area contributed by atoms with Crippen molar-refractivity contribution in [1.29, 1.82) is 0 Å². The van der Waals surface area contributed by atoms with Gasteiger partial charge in [0, 0.05) is 36.7 Å². The van der Waals surface area contributed by atoms with E-state index in [1.54, 1.807) is 0 Å². The van der Waals surface area contributed by atoms with E-state index in [2.05, 4.69) is 124 Å². The third kappa shape index (κ3) is 7.85. The van der Waals surface area contributed by atoms with E-state index in [4.69, 9.17) is 4.74 Å². The fourth-order valence-corrected chi connectivity index (χ4v) is 21.4. The van der Waals surface area contributed by atoms with Gasteiger partial charge in [-0.15, -0.1) is 0 Å². The molecule has 1 aliphatic heterocycles. The second-order valence-corrected chi connectivity index (χ2v) is 26.1. The van der Waals surface area contributed by atoms with Crippen LogP contribution in [0.2, 0.25) is 23.7 Å². The fourth-order valence-electron chi connectivity index (χ4n) is 14.4. The monoisotopic (exact) mass is 855 g/mol. The topological polar surface area (TPSA) is 12.5 Å². The van der Waals surface area contributed by atoms with Crippen LogP contribution in [0.4, 0.5) is 22.0 Å². The van der Waals surface area contributed by atoms with E-state index >= 15 is 8.78 Å². The number of nitrogens with zero attached hydrogens (tertiary/aromatic N) is 1. The van der Waals surface area contributed by atoms with Gasteiger partial charge in [0.15, 0.2) is 23.3 Å². The number of hydrogen-bond acceptors (Lipinski definition) is 2. The summed E-state index contributed by atoms with van der Waals surface area (Å²) >= 11 is 0. The highest BCUT2D eigenvalue weighted by Gasteiger charge is 2.68. The minimum atomic E-state index is -2.41. The van der Waals surface area contributed by atoms with Gasteiger partial charge < -0.3 is 4.74 Å². The Balaban J connectivity index is 1.13. The zero-order chi connectivity index (χ0) is 42.8. The Morgan fingerprint density at radius 2 is 1.26 bits per heavy atom. The third-order valence-corrected chi connectivity index (χ3v) is 22.7. The van der Waals surface area contributed by atoms with Gasteiger partial charge in [0.05, 0.1) is 13.7 Å². The average Bonchev–Trinajstić information content (AvgIpc) is 4.02. The van der Waals surface area contributed by atoms with Crippen molar-refractivity contribution in [3.63, 3.8) is 0 Å². The first-order chi connectivity index (χ1) is 29.3. The van der Waals surface area contributed by atoms with Crippen molar-refractivity contribution in [2.24, 2.45) is 53.3 Å². The van der Waals surface area contributed by atoms with Crippen LogP contribution in [-0.4, -0.2) is 37.3 Å². The van der Waals surface area contributed by atoms with Gasteiger partial charge in [-0.1, -0.05) is 154 Å². The van der Waals surface area contributed by atoms with E-state index in [9.17, 15) is 13.2 Å². The van der Waals surface area contributed by atoms with Gasteiger partial charge in [-0.2, -0.15) is 0 Å². The number of benzene rings is 1. The van der Waals surface area contributed by atoms with Gasteiger partial charge in [-0.25, -0.2) is 22.0 Å². The molecule has 1 saturated heterocycles. The van der Waals surface area contributed by atoms with Crippen LogP contribution in [0, 0.1) is 82.3 Å². The first kappa shape index (κ1) is 43.2. The molecule has 7 aliphatic carbocycles. The third-order valence-electron chi connectivity index (χ3n) is 16.6. The maximum Gasteiger partial charge on any atom is 0.200 e. The summed E-state index contributed by atoms with van der Waals surface area (Å²) in [5, 5.41) is 0. The number of ether oxygens (including phenoxy) is 1. The standard InChI is InChI=1S/C53H66F5NOSi/c1-32-22-25-43-41(28-32)44-50(59(43)31-42-45(54)47(56)49(58)48(57)46(42)55)37-19-11-13-21-39(37)52(44)61(5,27-15-7-6-14-26-60-53(2,3)4)51-38-20-12-10-18-35(38)36-24-23-34(30-40(36)51)29-33-16-8-9-17-33/h10-13,18-25,28,30,33,35-41,43-44,50-52H,6-9,14-17,26-27,29,31H2,1-5H3. The molecule has 0 radical (unpaired) electrons. The lowest BCUT2D eigenvalue weighted by atomic mass is 9.80. The zero-order valence-corrected chi connectivity index (χ0v) is 37.8. The van der Waals surface area contributed by atoms with Crippen molar-refractivity contribution >= 4 is 8.07 Å². The summed E-state index contributed by atoms with van der Waals surface area (Å²) in [5.41, 5.74) is 2.65. The van der Waals surface area contributed by atoms with E-state index in [0.717, 1.165) is 43.8 Å². The number of rotatable bonds is 13. The lowest BCUT2D eigenvalue weighted by Gasteiger charge is -2.49. The van der Waals surface area contributed by atoms with Gasteiger partial charge in [0.2, 0.25) is 5.82 Å². The number of halogens is 5. The Labute approximate surface area is 362 Å². The number of hydrogen-bond donors (Lipinski definition) is 0. The van der Waals surface area contributed by atoms with E-state index in [-0.39, 0.29) is 47.9 Å². The van der Waals surface area contributed by atoms with E-state index in [0.29, 0.717) is 34.8 Å². The molecule has 13 atom stereocenters. The highest BCUT2D eigenvalue weighted by molar-refractivity contribution is 6.82. The lowest BCUT2D eigenvalue weighted by molar-refractivity contribution is -0.00471. The molecule has 9 rings (SSSR count). The number of likely N-dealkylation sites (tertiary alicyclic amines) is 1. The van der Waals surface area contributed by atoms with Crippen molar-refractivity contribution in [2.45, 2.75) is 133 Å². The Kier molecular flexibility index (Phi) is 12.1. The Morgan fingerprint density at radius 1 is 0.656 bits per heavy atom. The van der Waals surface area contributed by atoms with Crippen molar-refractivity contribution in [3.05, 3.63) is 131 Å². The molecular formula is C53H66F5NOSi. The highest BCUT2D eigenvalue weighted by Crippen LogP contribution is 2.69. The van der Waals surface area contributed by atoms with Gasteiger partial charge in [-0.3, -0.25) is 4.90 Å². The normalized spacial score (nSPS) is 35.8. The van der Waals surface area contributed by atoms with Crippen molar-refractivity contribution < 1.29 is 26.7 Å². The van der Waals surface area contributed by atoms with Crippen molar-refractivity contribution in [1.82, 2.24) is 4.90 Å². The minimum Gasteiger partial charge on any atom is -0.376 e. The molecule has 8 aliphatic rings. The molecule has 1 aromatic rings. The molecule has 0 spiro atoms. The Bertz CT molecular complexity index is 2060. The molecule has 61 heavy (non-hydrogen) atoms. The number of unbranched alkanes of at least 4 members (excludes halogenated alkanes) is 3. The smallest absolute Gasteiger partial charge is 0.200 e. The van der Waals surface area contributed by atoms with Gasteiger partial charge in [0.1, 0.15) is 0 Å². The van der Waals surface area contributed by atoms with Crippen LogP contribution in [-0.2, 0) is 11.3 Å². The minimum absolute atomic E-state index is 0.0598. The summed E-state index contributed by atoms with van der Waals surface area (Å²) in [7, 11) is -2.41. The lowest BCUT2D eigenvalue weighted by Crippen LogP contribution is -2.50. The highest BCUT2D eigenvalue weighted by atomic mass is 28.3. The predicted octanol–water partition coefficient (Wildman–Crippen LogP) is 13.9. The summed E-state index contributed by atoms with van der Waals surface area (Å²) in [6.45, 7) is 11.7. The number of fused-ring (bicyclic) bond motifs is 8. The molecule has 0 bridgehead atoms. The second-order valence-electron chi connectivity index (χ2n) is 21.3. The maximum absolute atomic E-state index is 15.6. The molecule has 328 valence electrons. The summed E-state index contributed by atoms with van der Waals surface area (Å²) in [6, 6.07) is 0.859. The summed E-state index contributed by atoms with van der Waals surface area (Å²) in [4.78, 5) is 2.14. The van der Waals surface area contributed by atoms with Crippen LogP contribution in [0.5, 0.6) is 0 Å². The molecule has 0 N–H and O–H groups in total. The van der Waals surface area contributed by atoms with Gasteiger partial charge in [0.25, 0.3) is 0 Å². The van der Waals surface area contributed by atoms with E-state index < -0.39 is 42.7 Å². The molecule has 0 amide bonds. The zero-order valence-electron chi connectivity index (χ0n) is 36.8. The molecule has 1 aromatic carbocycles. The molecule has 8 heteroatoms. The van der Waals surface area contributed by atoms with Crippen LogP contribution in [0.1, 0.15) is 91.0 Å². The van der Waals surface area contributed by atoms with Gasteiger partial charge in [-0.05, 0) is 99.0 Å². The molecular weight excluding hydrogens is 790 g/mol. The fraction of sp³-hybridized carbons (Fsp3) is 0.585. The average molecular weight is 856 g/mol. The summed E-state index contributed by atoms with van der Waals surface area (Å²) in [5.74, 6) is -6.26. The molecule has 0 aromatic heterocycles. The maximum atomic E-state index is 15.6. The van der Waals surface area contributed by atoms with Gasteiger partial charge >= 0.3 is 0 Å². The van der Waals surface area contributed by atoms with E-state index in [1.165, 1.54) is 43.7 Å². The van der Waals surface area contributed by atoms with E-state index in [1.807, 2.05) is 0 Å². The number of allylic oxidation sites excluding steroid dienone is 13. The van der Waals surface area contributed by atoms with Crippen LogP contribution in [0.15, 0.2) is 96.2 Å². The first-order valence-electron chi connectivity index (χ1n) is 23.6. The molecule has 4 fully saturated rings. The molecule has 1 heterocycles. The molecule has 3 saturated carbocycles.